The number of aromatic nitrogens is 1. The Kier molecular flexibility index (Phi) is 7.64. The van der Waals surface area contributed by atoms with Gasteiger partial charge in [0.05, 0.1) is 43.1 Å². The van der Waals surface area contributed by atoms with Crippen LogP contribution in [0, 0.1) is 33.6 Å². The maximum atomic E-state index is 16.4. The Labute approximate surface area is 250 Å². The van der Waals surface area contributed by atoms with Crippen molar-refractivity contribution in [3.63, 3.8) is 0 Å². The van der Waals surface area contributed by atoms with E-state index in [0.717, 1.165) is 15.7 Å². The van der Waals surface area contributed by atoms with Gasteiger partial charge in [-0.2, -0.15) is 5.26 Å². The smallest absolute Gasteiger partial charge is 0.410 e. The minimum atomic E-state index is -0.568. The molecule has 3 aromatic rings. The van der Waals surface area contributed by atoms with Crippen LogP contribution < -0.4 is 5.32 Å². The van der Waals surface area contributed by atoms with Gasteiger partial charge in [-0.3, -0.25) is 0 Å². The van der Waals surface area contributed by atoms with Crippen LogP contribution in [0.5, 0.6) is 0 Å². The lowest BCUT2D eigenvalue weighted by Crippen LogP contribution is -2.50. The Bertz CT molecular complexity index is 1530. The average molecular weight is 681 g/mol. The van der Waals surface area contributed by atoms with Crippen LogP contribution in [0.25, 0.3) is 22.0 Å². The summed E-state index contributed by atoms with van der Waals surface area (Å²) in [5, 5.41) is 14.2. The minimum absolute atomic E-state index is 0.00313. The first-order chi connectivity index (χ1) is 18.4. The van der Waals surface area contributed by atoms with Crippen LogP contribution in [0.3, 0.4) is 0 Å². The second-order valence-corrected chi connectivity index (χ2v) is 13.0. The first-order valence-corrected chi connectivity index (χ1v) is 14.6. The number of carbonyl (C=O) groups is 1. The molecular formula is C29H28Cl2FIN4O2. The van der Waals surface area contributed by atoms with Crippen LogP contribution in [0.1, 0.15) is 44.9 Å². The van der Waals surface area contributed by atoms with Gasteiger partial charge in [-0.1, -0.05) is 35.3 Å². The topological polar surface area (TPSA) is 78.3 Å². The van der Waals surface area contributed by atoms with Crippen LogP contribution in [0.15, 0.2) is 24.3 Å². The molecule has 39 heavy (non-hydrogen) atoms. The Morgan fingerprint density at radius 3 is 2.79 bits per heavy atom. The van der Waals surface area contributed by atoms with Crippen molar-refractivity contribution in [3.8, 4) is 17.2 Å². The van der Waals surface area contributed by atoms with E-state index in [0.29, 0.717) is 45.8 Å². The van der Waals surface area contributed by atoms with E-state index in [-0.39, 0.29) is 41.1 Å². The number of hydrogen-bond donors (Lipinski definition) is 1. The molecule has 6 nitrogen and oxygen atoms in total. The number of fused-ring (bicyclic) bond motifs is 2. The maximum absolute atomic E-state index is 16.4. The van der Waals surface area contributed by atoms with Crippen LogP contribution >= 0.6 is 45.8 Å². The molecule has 1 amide bonds. The summed E-state index contributed by atoms with van der Waals surface area (Å²) in [4.78, 5) is 19.2. The van der Waals surface area contributed by atoms with Crippen molar-refractivity contribution in [3.05, 3.63) is 55.0 Å². The number of pyridine rings is 1. The van der Waals surface area contributed by atoms with Crippen LogP contribution in [0.2, 0.25) is 10.0 Å². The number of amides is 1. The summed E-state index contributed by atoms with van der Waals surface area (Å²) in [6.07, 6.45) is 1.14. The number of rotatable bonds is 5. The van der Waals surface area contributed by atoms with Crippen LogP contribution in [-0.4, -0.2) is 40.2 Å². The summed E-state index contributed by atoms with van der Waals surface area (Å²) in [6.45, 7) is 8.05. The van der Waals surface area contributed by atoms with Gasteiger partial charge in [0.25, 0.3) is 0 Å². The van der Waals surface area contributed by atoms with E-state index in [2.05, 4.69) is 39.0 Å². The van der Waals surface area contributed by atoms with E-state index < -0.39 is 11.4 Å². The summed E-state index contributed by atoms with van der Waals surface area (Å²) in [5.41, 5.74) is 2.55. The highest BCUT2D eigenvalue weighted by Gasteiger charge is 2.55. The average Bonchev–Trinajstić information content (AvgIpc) is 3.46. The molecule has 10 heteroatoms. The van der Waals surface area contributed by atoms with Crippen LogP contribution in [-0.2, 0) is 11.2 Å². The quantitative estimate of drug-likeness (QED) is 0.275. The monoisotopic (exact) mass is 680 g/mol. The lowest BCUT2D eigenvalue weighted by Gasteiger charge is -2.38. The van der Waals surface area contributed by atoms with Gasteiger partial charge in [0.15, 0.2) is 5.82 Å². The summed E-state index contributed by atoms with van der Waals surface area (Å²) < 4.78 is 22.9. The minimum Gasteiger partial charge on any atom is -0.444 e. The first-order valence-electron chi connectivity index (χ1n) is 12.8. The molecule has 2 saturated heterocycles. The number of nitriles is 1. The van der Waals surface area contributed by atoms with Crippen molar-refractivity contribution in [1.82, 2.24) is 9.88 Å². The van der Waals surface area contributed by atoms with Gasteiger partial charge in [0, 0.05) is 35.4 Å². The third-order valence-corrected chi connectivity index (χ3v) is 9.51. The van der Waals surface area contributed by atoms with E-state index in [1.165, 1.54) is 0 Å². The number of carbonyl (C=O) groups excluding carboxylic acids is 1. The van der Waals surface area contributed by atoms with E-state index in [1.807, 2.05) is 33.8 Å². The molecule has 3 heterocycles. The molecule has 2 aromatic carbocycles. The number of ether oxygens (including phenoxy) is 1. The second kappa shape index (κ2) is 10.6. The van der Waals surface area contributed by atoms with Gasteiger partial charge >= 0.3 is 6.09 Å². The second-order valence-electron chi connectivity index (χ2n) is 11.1. The van der Waals surface area contributed by atoms with E-state index in [9.17, 15) is 10.1 Å². The predicted octanol–water partition coefficient (Wildman–Crippen LogP) is 8.14. The third-order valence-electron chi connectivity index (χ3n) is 7.37. The number of aryl methyl sites for hydroxylation is 2. The van der Waals surface area contributed by atoms with Gasteiger partial charge in [-0.25, -0.2) is 14.2 Å². The van der Waals surface area contributed by atoms with Crippen molar-refractivity contribution in [2.45, 2.75) is 64.6 Å². The van der Waals surface area contributed by atoms with Crippen molar-refractivity contribution >= 4 is 68.5 Å². The molecule has 204 valence electrons. The summed E-state index contributed by atoms with van der Waals surface area (Å²) in [7, 11) is 0. The SMILES string of the molecule is Cc1nc2c(F)c(-c3cccc(Cl)c3Cl)c(CCC#N)cc2c(N[C@H]2C3CC2N(C(=O)OC(C)(C)C)C3)c1I. The molecule has 2 unspecified atom stereocenters. The van der Waals surface area contributed by atoms with Gasteiger partial charge < -0.3 is 15.0 Å². The predicted molar refractivity (Wildman–Crippen MR) is 161 cm³/mol. The maximum Gasteiger partial charge on any atom is 0.410 e. The van der Waals surface area contributed by atoms with Crippen molar-refractivity contribution in [1.29, 1.82) is 5.26 Å². The molecule has 1 aliphatic carbocycles. The molecule has 2 aliphatic heterocycles. The molecule has 2 bridgehead atoms. The molecule has 6 rings (SSSR count). The summed E-state index contributed by atoms with van der Waals surface area (Å²) >= 11 is 15.0. The van der Waals surface area contributed by atoms with Gasteiger partial charge in [0.1, 0.15) is 11.1 Å². The number of halogens is 4. The zero-order valence-electron chi connectivity index (χ0n) is 22.0. The summed E-state index contributed by atoms with van der Waals surface area (Å²) in [5.74, 6) is -0.228. The largest absolute Gasteiger partial charge is 0.444 e. The van der Waals surface area contributed by atoms with E-state index in [1.54, 1.807) is 23.1 Å². The molecule has 3 fully saturated rings. The molecule has 1 N–H and O–H groups in total. The lowest BCUT2D eigenvalue weighted by molar-refractivity contribution is 0.0239. The Balaban J connectivity index is 1.59. The van der Waals surface area contributed by atoms with E-state index in [4.69, 9.17) is 27.9 Å². The Morgan fingerprint density at radius 2 is 2.10 bits per heavy atom. The molecular weight excluding hydrogens is 653 g/mol. The Morgan fingerprint density at radius 1 is 1.36 bits per heavy atom. The highest BCUT2D eigenvalue weighted by Crippen LogP contribution is 2.46. The molecule has 1 saturated carbocycles. The third kappa shape index (κ3) is 5.14. The van der Waals surface area contributed by atoms with Crippen molar-refractivity contribution in [2.24, 2.45) is 5.92 Å². The molecule has 0 radical (unpaired) electrons. The van der Waals surface area contributed by atoms with Crippen LogP contribution in [0.4, 0.5) is 14.9 Å². The van der Waals surface area contributed by atoms with E-state index >= 15 is 4.39 Å². The standard InChI is InChI=1S/C29H28Cl2FIN4O2/c1-14-24(33)27(36-25-16-12-20(25)37(13-16)28(38)39-29(2,3)4)18-11-15(7-6-10-34)21(23(32)26(18)35-14)17-8-5-9-19(30)22(17)31/h5,8-9,11,16,20,25H,6-7,12-13H2,1-4H3,(H,35,36)/t16?,20?,25-/m0/s1. The van der Waals surface area contributed by atoms with Crippen molar-refractivity contribution in [2.75, 3.05) is 11.9 Å². The van der Waals surface area contributed by atoms with Gasteiger partial charge in [0.2, 0.25) is 0 Å². The fraction of sp³-hybridized carbons (Fsp3) is 0.414. The molecule has 3 atom stereocenters. The van der Waals surface area contributed by atoms with Gasteiger partial charge in [-0.15, -0.1) is 0 Å². The molecule has 0 spiro atoms. The molecule has 1 aromatic heterocycles. The highest BCUT2D eigenvalue weighted by molar-refractivity contribution is 14.1. The summed E-state index contributed by atoms with van der Waals surface area (Å²) in [6, 6.07) is 9.19. The normalized spacial score (nSPS) is 20.1. The number of hydrogen-bond acceptors (Lipinski definition) is 5. The zero-order valence-corrected chi connectivity index (χ0v) is 25.7. The number of nitrogens with one attached hydrogen (secondary N) is 1. The Hall–Kier alpha value is -2.35. The molecule has 3 aliphatic rings. The van der Waals surface area contributed by atoms with Crippen molar-refractivity contribution < 1.29 is 13.9 Å². The lowest BCUT2D eigenvalue weighted by atomic mass is 9.79. The number of benzene rings is 2. The highest BCUT2D eigenvalue weighted by atomic mass is 127. The number of anilines is 1. The fourth-order valence-electron chi connectivity index (χ4n) is 5.56. The van der Waals surface area contributed by atoms with Gasteiger partial charge in [-0.05, 0) is 80.8 Å². The zero-order chi connectivity index (χ0) is 28.2. The fourth-order valence-corrected chi connectivity index (χ4v) is 6.52. The number of nitrogens with zero attached hydrogens (tertiary/aromatic N) is 3. The first kappa shape index (κ1) is 28.2.